The van der Waals surface area contributed by atoms with Crippen molar-refractivity contribution in [2.24, 2.45) is 0 Å². The third-order valence-electron chi connectivity index (χ3n) is 2.59. The van der Waals surface area contributed by atoms with E-state index in [1.165, 1.54) is 0 Å². The first kappa shape index (κ1) is 12.2. The van der Waals surface area contributed by atoms with Crippen LogP contribution in [0, 0.1) is 6.92 Å². The van der Waals surface area contributed by atoms with E-state index in [1.807, 2.05) is 31.2 Å². The van der Waals surface area contributed by atoms with E-state index >= 15 is 0 Å². The van der Waals surface area contributed by atoms with Gasteiger partial charge in [-0.3, -0.25) is 14.8 Å². The number of carbonyl (C=O) groups is 1. The Morgan fingerprint density at radius 3 is 2.67 bits per heavy atom. The fourth-order valence-corrected chi connectivity index (χ4v) is 1.57. The number of anilines is 1. The Kier molecular flexibility index (Phi) is 4.02. The van der Waals surface area contributed by atoms with Crippen LogP contribution in [0.3, 0.4) is 0 Å². The normalized spacial score (nSPS) is 10.1. The molecule has 0 aliphatic carbocycles. The molecule has 0 unspecified atom stereocenters. The van der Waals surface area contributed by atoms with Crippen LogP contribution in [0.1, 0.15) is 17.7 Å². The van der Waals surface area contributed by atoms with E-state index in [1.54, 1.807) is 18.6 Å². The van der Waals surface area contributed by atoms with Gasteiger partial charge in [-0.15, -0.1) is 0 Å². The molecule has 92 valence electrons. The predicted molar refractivity (Wildman–Crippen MR) is 70.2 cm³/mol. The van der Waals surface area contributed by atoms with Gasteiger partial charge in [0, 0.05) is 24.5 Å². The highest BCUT2D eigenvalue weighted by atomic mass is 16.1. The molecule has 0 fully saturated rings. The van der Waals surface area contributed by atoms with Crippen molar-refractivity contribution in [1.82, 2.24) is 9.97 Å². The predicted octanol–water partition coefficient (Wildman–Crippen LogP) is 2.36. The summed E-state index contributed by atoms with van der Waals surface area (Å²) in [6.45, 7) is 1.91. The molecule has 0 aliphatic heterocycles. The standard InChI is InChI=1S/C14H15N3O/c1-11-2-4-13(10-16-11)17-14(18)5-3-12-6-8-15-9-7-12/h2,4,6-10H,3,5H2,1H3,(H,17,18). The van der Waals surface area contributed by atoms with Crippen LogP contribution in [-0.2, 0) is 11.2 Å². The highest BCUT2D eigenvalue weighted by Crippen LogP contribution is 2.07. The lowest BCUT2D eigenvalue weighted by Gasteiger charge is -2.05. The van der Waals surface area contributed by atoms with Crippen molar-refractivity contribution in [1.29, 1.82) is 0 Å². The summed E-state index contributed by atoms with van der Waals surface area (Å²) in [5, 5.41) is 2.82. The monoisotopic (exact) mass is 241 g/mol. The molecule has 0 spiro atoms. The van der Waals surface area contributed by atoms with E-state index in [0.29, 0.717) is 12.8 Å². The number of aryl methyl sites for hydroxylation is 2. The molecule has 0 bridgehead atoms. The molecule has 0 atom stereocenters. The van der Waals surface area contributed by atoms with Crippen LogP contribution in [0.25, 0.3) is 0 Å². The molecule has 0 aromatic carbocycles. The Bertz CT molecular complexity index is 508. The molecule has 0 saturated carbocycles. The zero-order chi connectivity index (χ0) is 12.8. The van der Waals surface area contributed by atoms with Gasteiger partial charge in [-0.25, -0.2) is 0 Å². The summed E-state index contributed by atoms with van der Waals surface area (Å²) in [7, 11) is 0. The number of rotatable bonds is 4. The van der Waals surface area contributed by atoms with Gasteiger partial charge in [0.2, 0.25) is 5.91 Å². The van der Waals surface area contributed by atoms with E-state index in [2.05, 4.69) is 15.3 Å². The summed E-state index contributed by atoms with van der Waals surface area (Å²) >= 11 is 0. The third kappa shape index (κ3) is 3.66. The molecule has 2 heterocycles. The molecule has 2 rings (SSSR count). The van der Waals surface area contributed by atoms with Gasteiger partial charge in [0.05, 0.1) is 11.9 Å². The largest absolute Gasteiger partial charge is 0.325 e. The first-order chi connectivity index (χ1) is 8.74. The van der Waals surface area contributed by atoms with Gasteiger partial charge >= 0.3 is 0 Å². The Labute approximate surface area is 106 Å². The second-order valence-electron chi connectivity index (χ2n) is 4.09. The molecule has 0 radical (unpaired) electrons. The second-order valence-corrected chi connectivity index (χ2v) is 4.09. The van der Waals surface area contributed by atoms with Gasteiger partial charge in [0.15, 0.2) is 0 Å². The Hall–Kier alpha value is -2.23. The minimum atomic E-state index is -0.00235. The van der Waals surface area contributed by atoms with Gasteiger partial charge in [-0.2, -0.15) is 0 Å². The summed E-state index contributed by atoms with van der Waals surface area (Å²) in [6, 6.07) is 7.56. The average molecular weight is 241 g/mol. The first-order valence-electron chi connectivity index (χ1n) is 5.85. The Morgan fingerprint density at radius 2 is 2.00 bits per heavy atom. The number of pyridine rings is 2. The van der Waals surface area contributed by atoms with E-state index < -0.39 is 0 Å². The van der Waals surface area contributed by atoms with E-state index in [-0.39, 0.29) is 5.91 Å². The van der Waals surface area contributed by atoms with Crippen LogP contribution in [0.15, 0.2) is 42.9 Å². The van der Waals surface area contributed by atoms with Crippen molar-refractivity contribution >= 4 is 11.6 Å². The van der Waals surface area contributed by atoms with Gasteiger partial charge in [0.25, 0.3) is 0 Å². The zero-order valence-corrected chi connectivity index (χ0v) is 10.3. The fraction of sp³-hybridized carbons (Fsp3) is 0.214. The third-order valence-corrected chi connectivity index (χ3v) is 2.59. The van der Waals surface area contributed by atoms with Crippen LogP contribution in [0.4, 0.5) is 5.69 Å². The second kappa shape index (κ2) is 5.91. The molecule has 1 N–H and O–H groups in total. The molecule has 0 saturated heterocycles. The number of nitrogens with one attached hydrogen (secondary N) is 1. The topological polar surface area (TPSA) is 54.9 Å². The maximum atomic E-state index is 11.7. The first-order valence-corrected chi connectivity index (χ1v) is 5.85. The maximum absolute atomic E-state index is 11.7. The van der Waals surface area contributed by atoms with Crippen molar-refractivity contribution in [3.8, 4) is 0 Å². The number of nitrogens with zero attached hydrogens (tertiary/aromatic N) is 2. The zero-order valence-electron chi connectivity index (χ0n) is 10.3. The molecule has 1 amide bonds. The number of amides is 1. The fourth-order valence-electron chi connectivity index (χ4n) is 1.57. The summed E-state index contributed by atoms with van der Waals surface area (Å²) < 4.78 is 0. The highest BCUT2D eigenvalue weighted by Gasteiger charge is 2.03. The van der Waals surface area contributed by atoms with Crippen LogP contribution in [0.2, 0.25) is 0 Å². The quantitative estimate of drug-likeness (QED) is 0.894. The molecule has 4 nitrogen and oxygen atoms in total. The molecule has 0 aliphatic rings. The average Bonchev–Trinajstić information content (AvgIpc) is 2.40. The molecular weight excluding hydrogens is 226 g/mol. The molecule has 2 aromatic rings. The smallest absolute Gasteiger partial charge is 0.224 e. The molecular formula is C14H15N3O. The van der Waals surface area contributed by atoms with Crippen molar-refractivity contribution < 1.29 is 4.79 Å². The van der Waals surface area contributed by atoms with E-state index in [4.69, 9.17) is 0 Å². The minimum Gasteiger partial charge on any atom is -0.325 e. The molecule has 2 aromatic heterocycles. The maximum Gasteiger partial charge on any atom is 0.224 e. The summed E-state index contributed by atoms with van der Waals surface area (Å²) in [4.78, 5) is 19.8. The van der Waals surface area contributed by atoms with Gasteiger partial charge in [-0.1, -0.05) is 0 Å². The van der Waals surface area contributed by atoms with Crippen LogP contribution < -0.4 is 5.32 Å². The van der Waals surface area contributed by atoms with Crippen LogP contribution >= 0.6 is 0 Å². The number of hydrogen-bond donors (Lipinski definition) is 1. The van der Waals surface area contributed by atoms with Crippen molar-refractivity contribution in [3.05, 3.63) is 54.1 Å². The van der Waals surface area contributed by atoms with E-state index in [0.717, 1.165) is 16.9 Å². The Morgan fingerprint density at radius 1 is 1.22 bits per heavy atom. The number of carbonyl (C=O) groups excluding carboxylic acids is 1. The molecule has 18 heavy (non-hydrogen) atoms. The minimum absolute atomic E-state index is 0.00235. The van der Waals surface area contributed by atoms with Crippen LogP contribution in [0.5, 0.6) is 0 Å². The van der Waals surface area contributed by atoms with Crippen molar-refractivity contribution in [2.75, 3.05) is 5.32 Å². The van der Waals surface area contributed by atoms with Crippen molar-refractivity contribution in [2.45, 2.75) is 19.8 Å². The summed E-state index contributed by atoms with van der Waals surface area (Å²) in [5.74, 6) is -0.00235. The molecule has 4 heteroatoms. The van der Waals surface area contributed by atoms with E-state index in [9.17, 15) is 4.79 Å². The lowest BCUT2D eigenvalue weighted by molar-refractivity contribution is -0.116. The lowest BCUT2D eigenvalue weighted by atomic mass is 10.1. The SMILES string of the molecule is Cc1ccc(NC(=O)CCc2ccncc2)cn1. The highest BCUT2D eigenvalue weighted by molar-refractivity contribution is 5.90. The Balaban J connectivity index is 1.84. The van der Waals surface area contributed by atoms with Crippen LogP contribution in [-0.4, -0.2) is 15.9 Å². The summed E-state index contributed by atoms with van der Waals surface area (Å²) in [6.07, 6.45) is 6.31. The van der Waals surface area contributed by atoms with Gasteiger partial charge in [0.1, 0.15) is 0 Å². The van der Waals surface area contributed by atoms with Gasteiger partial charge in [-0.05, 0) is 43.2 Å². The lowest BCUT2D eigenvalue weighted by Crippen LogP contribution is -2.12. The number of aromatic nitrogens is 2. The summed E-state index contributed by atoms with van der Waals surface area (Å²) in [5.41, 5.74) is 2.78. The number of hydrogen-bond acceptors (Lipinski definition) is 3. The van der Waals surface area contributed by atoms with Gasteiger partial charge < -0.3 is 5.32 Å². The van der Waals surface area contributed by atoms with Crippen molar-refractivity contribution in [3.63, 3.8) is 0 Å².